The molecule has 2 aliphatic rings. The molecule has 1 saturated heterocycles. The predicted molar refractivity (Wildman–Crippen MR) is 74.4 cm³/mol. The number of hydrogen-bond acceptors (Lipinski definition) is 4. The highest BCUT2D eigenvalue weighted by atomic mass is 16.6. The van der Waals surface area contributed by atoms with Gasteiger partial charge >= 0.3 is 6.09 Å². The van der Waals surface area contributed by atoms with Crippen molar-refractivity contribution in [1.82, 2.24) is 5.32 Å². The molecule has 8 heteroatoms. The van der Waals surface area contributed by atoms with Crippen molar-refractivity contribution >= 4 is 6.09 Å². The molecule has 1 aliphatic heterocycles. The molecule has 0 spiro atoms. The lowest BCUT2D eigenvalue weighted by Crippen LogP contribution is -2.50. The lowest BCUT2D eigenvalue weighted by atomic mass is 9.73. The second kappa shape index (κ2) is 6.62. The molecule has 4 atom stereocenters. The van der Waals surface area contributed by atoms with E-state index >= 15 is 0 Å². The highest BCUT2D eigenvalue weighted by molar-refractivity contribution is 5.64. The molecule has 0 aromatic heterocycles. The third-order valence-corrected chi connectivity index (χ3v) is 3.94. The minimum absolute atomic E-state index is 0.201. The molecule has 0 aromatic rings. The van der Waals surface area contributed by atoms with Crippen molar-refractivity contribution in [3.63, 3.8) is 0 Å². The maximum atomic E-state index is 10.8. The molecule has 2 unspecified atom stereocenters. The van der Waals surface area contributed by atoms with E-state index in [1.807, 2.05) is 24.3 Å². The Morgan fingerprint density at radius 3 is 2.90 bits per heavy atom. The van der Waals surface area contributed by atoms with Crippen LogP contribution in [0.2, 0.25) is 0 Å². The van der Waals surface area contributed by atoms with Gasteiger partial charge in [-0.2, -0.15) is 0 Å². The highest BCUT2D eigenvalue weighted by Gasteiger charge is 2.42. The van der Waals surface area contributed by atoms with E-state index < -0.39 is 23.8 Å². The van der Waals surface area contributed by atoms with Crippen LogP contribution in [0.5, 0.6) is 0 Å². The van der Waals surface area contributed by atoms with Crippen LogP contribution in [0.15, 0.2) is 29.4 Å². The van der Waals surface area contributed by atoms with Crippen molar-refractivity contribution in [3.8, 4) is 0 Å². The van der Waals surface area contributed by atoms with Gasteiger partial charge in [-0.15, -0.1) is 0 Å². The first kappa shape index (κ1) is 15.4. The van der Waals surface area contributed by atoms with Gasteiger partial charge in [-0.3, -0.25) is 0 Å². The topological polar surface area (TPSA) is 128 Å². The van der Waals surface area contributed by atoms with Crippen LogP contribution in [0.1, 0.15) is 19.3 Å². The molecule has 0 saturated carbocycles. The molecule has 0 bridgehead atoms. The maximum absolute atomic E-state index is 10.8. The number of aliphatic hydroxyl groups is 1. The van der Waals surface area contributed by atoms with E-state index in [0.29, 0.717) is 19.3 Å². The molecule has 1 amide bonds. The molecule has 0 aromatic carbocycles. The van der Waals surface area contributed by atoms with Gasteiger partial charge in [0.2, 0.25) is 0 Å². The van der Waals surface area contributed by atoms with Gasteiger partial charge in [-0.05, 0) is 24.8 Å². The molecule has 0 radical (unpaired) electrons. The van der Waals surface area contributed by atoms with E-state index in [1.165, 1.54) is 0 Å². The number of carbonyl (C=O) groups is 1. The van der Waals surface area contributed by atoms with Crippen LogP contribution in [0.4, 0.5) is 4.79 Å². The fourth-order valence-corrected chi connectivity index (χ4v) is 2.80. The SMILES string of the molecule is [N-]=[N+]=NC1CC[C@@H]([C@@]2(CNC(=O)O)C=CC=CC2)OC1O. The summed E-state index contributed by atoms with van der Waals surface area (Å²) in [5.74, 6) is 0. The molecule has 3 N–H and O–H groups in total. The van der Waals surface area contributed by atoms with Crippen LogP contribution in [0, 0.1) is 5.41 Å². The van der Waals surface area contributed by atoms with Gasteiger partial charge < -0.3 is 20.3 Å². The van der Waals surface area contributed by atoms with E-state index in [2.05, 4.69) is 15.3 Å². The Morgan fingerprint density at radius 2 is 2.33 bits per heavy atom. The molecular weight excluding hydrogens is 276 g/mol. The van der Waals surface area contributed by atoms with Gasteiger partial charge in [0, 0.05) is 16.9 Å². The van der Waals surface area contributed by atoms with Gasteiger partial charge in [0.15, 0.2) is 6.29 Å². The summed E-state index contributed by atoms with van der Waals surface area (Å²) in [5, 5.41) is 24.6. The minimum Gasteiger partial charge on any atom is -0.465 e. The Kier molecular flexibility index (Phi) is 4.85. The van der Waals surface area contributed by atoms with Crippen molar-refractivity contribution in [2.24, 2.45) is 10.5 Å². The number of aliphatic hydroxyl groups excluding tert-OH is 1. The Hall–Kier alpha value is -2.02. The average molecular weight is 294 g/mol. The van der Waals surface area contributed by atoms with Gasteiger partial charge in [-0.1, -0.05) is 29.4 Å². The van der Waals surface area contributed by atoms with E-state index in [0.717, 1.165) is 0 Å². The number of carboxylic acid groups (broad SMARTS) is 1. The average Bonchev–Trinajstić information content (AvgIpc) is 2.48. The van der Waals surface area contributed by atoms with E-state index in [4.69, 9.17) is 15.4 Å². The summed E-state index contributed by atoms with van der Waals surface area (Å²) in [5.41, 5.74) is 7.91. The van der Waals surface area contributed by atoms with Crippen LogP contribution in [-0.2, 0) is 4.74 Å². The first-order valence-electron chi connectivity index (χ1n) is 6.76. The Balaban J connectivity index is 2.11. The number of nitrogens with one attached hydrogen (secondary N) is 1. The Bertz CT molecular complexity index is 500. The standard InChI is InChI=1S/C13H18N4O4/c14-17-16-9-4-5-10(21-11(9)18)13(8-15-12(19)20)6-2-1-3-7-13/h1-3,6,9-11,15,18H,4-5,7-8H2,(H,19,20)/t9?,10-,11?,13-/m0/s1. The number of azide groups is 1. The lowest BCUT2D eigenvalue weighted by Gasteiger charge is -2.43. The number of amides is 1. The number of rotatable bonds is 4. The zero-order chi connectivity index (χ0) is 15.3. The smallest absolute Gasteiger partial charge is 0.404 e. The van der Waals surface area contributed by atoms with Crippen molar-refractivity contribution in [2.75, 3.05) is 6.54 Å². The van der Waals surface area contributed by atoms with Crippen molar-refractivity contribution in [1.29, 1.82) is 0 Å². The number of hydrogen-bond donors (Lipinski definition) is 3. The predicted octanol–water partition coefficient (Wildman–Crippen LogP) is 1.93. The molecular formula is C13H18N4O4. The van der Waals surface area contributed by atoms with Gasteiger partial charge in [0.25, 0.3) is 0 Å². The summed E-state index contributed by atoms with van der Waals surface area (Å²) in [6.07, 6.45) is 6.69. The van der Waals surface area contributed by atoms with E-state index in [1.54, 1.807) is 0 Å². The first-order chi connectivity index (χ1) is 10.1. The van der Waals surface area contributed by atoms with Crippen molar-refractivity contribution < 1.29 is 19.7 Å². The number of nitrogens with zero attached hydrogens (tertiary/aromatic N) is 3. The largest absolute Gasteiger partial charge is 0.465 e. The van der Waals surface area contributed by atoms with Crippen LogP contribution in [-0.4, -0.2) is 41.3 Å². The summed E-state index contributed by atoms with van der Waals surface area (Å²) < 4.78 is 5.60. The lowest BCUT2D eigenvalue weighted by molar-refractivity contribution is -0.197. The first-order valence-corrected chi connectivity index (χ1v) is 6.76. The highest BCUT2D eigenvalue weighted by Crippen LogP contribution is 2.39. The molecule has 2 rings (SSSR count). The number of ether oxygens (including phenoxy) is 1. The summed E-state index contributed by atoms with van der Waals surface area (Å²) in [6, 6.07) is -0.598. The van der Waals surface area contributed by atoms with Gasteiger partial charge in [0.1, 0.15) is 0 Å². The normalized spacial score (nSPS) is 35.0. The van der Waals surface area contributed by atoms with Gasteiger partial charge in [0.05, 0.1) is 12.1 Å². The monoisotopic (exact) mass is 294 g/mol. The molecule has 114 valence electrons. The Morgan fingerprint density at radius 1 is 1.52 bits per heavy atom. The maximum Gasteiger partial charge on any atom is 0.404 e. The molecule has 1 aliphatic carbocycles. The minimum atomic E-state index is -1.17. The van der Waals surface area contributed by atoms with Crippen LogP contribution in [0.25, 0.3) is 10.4 Å². The molecule has 21 heavy (non-hydrogen) atoms. The molecule has 1 fully saturated rings. The third-order valence-electron chi connectivity index (χ3n) is 3.94. The molecule has 8 nitrogen and oxygen atoms in total. The van der Waals surface area contributed by atoms with Crippen LogP contribution in [0.3, 0.4) is 0 Å². The van der Waals surface area contributed by atoms with Crippen molar-refractivity contribution in [3.05, 3.63) is 34.7 Å². The van der Waals surface area contributed by atoms with Gasteiger partial charge in [-0.25, -0.2) is 4.79 Å². The second-order valence-corrected chi connectivity index (χ2v) is 5.25. The fourth-order valence-electron chi connectivity index (χ4n) is 2.80. The zero-order valence-electron chi connectivity index (χ0n) is 11.4. The van der Waals surface area contributed by atoms with E-state index in [-0.39, 0.29) is 12.6 Å². The number of allylic oxidation sites excluding steroid dienone is 3. The molecule has 1 heterocycles. The second-order valence-electron chi connectivity index (χ2n) is 5.25. The Labute approximate surface area is 121 Å². The summed E-state index contributed by atoms with van der Waals surface area (Å²) >= 11 is 0. The fraction of sp³-hybridized carbons (Fsp3) is 0.615. The summed E-state index contributed by atoms with van der Waals surface area (Å²) in [6.45, 7) is 0.201. The summed E-state index contributed by atoms with van der Waals surface area (Å²) in [7, 11) is 0. The third kappa shape index (κ3) is 3.55. The van der Waals surface area contributed by atoms with E-state index in [9.17, 15) is 9.90 Å². The zero-order valence-corrected chi connectivity index (χ0v) is 11.4. The quantitative estimate of drug-likeness (QED) is 0.415. The van der Waals surface area contributed by atoms with Crippen LogP contribution >= 0.6 is 0 Å². The van der Waals surface area contributed by atoms with Crippen LogP contribution < -0.4 is 5.32 Å². The van der Waals surface area contributed by atoms with Crippen molar-refractivity contribution in [2.45, 2.75) is 37.7 Å². The summed E-state index contributed by atoms with van der Waals surface area (Å²) in [4.78, 5) is 13.5.